The van der Waals surface area contributed by atoms with E-state index in [1.165, 1.54) is 10.6 Å². The van der Waals surface area contributed by atoms with Crippen LogP contribution in [0.1, 0.15) is 52.5 Å². The zero-order valence-electron chi connectivity index (χ0n) is 14.7. The number of fused-ring (bicyclic) bond motifs is 3. The van der Waals surface area contributed by atoms with Gasteiger partial charge in [0.25, 0.3) is 0 Å². The molecule has 2 aliphatic carbocycles. The Morgan fingerprint density at radius 2 is 2.27 bits per heavy atom. The molecule has 0 radical (unpaired) electrons. The lowest BCUT2D eigenvalue weighted by Crippen LogP contribution is -2.18. The Kier molecular flexibility index (Phi) is 3.49. The van der Waals surface area contributed by atoms with Crippen LogP contribution in [-0.4, -0.2) is 25.4 Å². The van der Waals surface area contributed by atoms with Crippen molar-refractivity contribution in [3.63, 3.8) is 0 Å². The molecule has 1 amide bonds. The van der Waals surface area contributed by atoms with Crippen molar-refractivity contribution in [2.24, 2.45) is 12.0 Å². The third-order valence-electron chi connectivity index (χ3n) is 5.13. The van der Waals surface area contributed by atoms with Gasteiger partial charge < -0.3 is 9.09 Å². The summed E-state index contributed by atoms with van der Waals surface area (Å²) in [6.45, 7) is 2.82. The molecule has 0 saturated heterocycles. The molecule has 3 heterocycles. The third-order valence-corrected chi connectivity index (χ3v) is 6.26. The summed E-state index contributed by atoms with van der Waals surface area (Å²) in [5.41, 5.74) is 3.83. The molecule has 3 aromatic rings. The van der Waals surface area contributed by atoms with Gasteiger partial charge in [-0.15, -0.1) is 11.3 Å². The Labute approximate surface area is 154 Å². The Morgan fingerprint density at radius 3 is 3.04 bits per heavy atom. The van der Waals surface area contributed by atoms with Crippen LogP contribution < -0.4 is 4.80 Å². The number of hydrogen-bond donors (Lipinski definition) is 0. The van der Waals surface area contributed by atoms with E-state index in [4.69, 9.17) is 4.52 Å². The van der Waals surface area contributed by atoms with Crippen molar-refractivity contribution in [1.29, 1.82) is 0 Å². The van der Waals surface area contributed by atoms with E-state index in [2.05, 4.69) is 26.7 Å². The SMILES string of the molecule is CCn1c2c(sc1=NC(=O)c1cc(C3CC3)on1)CCc1c-2cnn1C. The van der Waals surface area contributed by atoms with E-state index in [1.807, 2.05) is 17.9 Å². The molecular formula is C18H19N5O2S. The van der Waals surface area contributed by atoms with E-state index in [0.29, 0.717) is 11.6 Å². The smallest absolute Gasteiger partial charge is 0.301 e. The highest BCUT2D eigenvalue weighted by atomic mass is 32.1. The number of amides is 1. The maximum absolute atomic E-state index is 12.6. The fourth-order valence-electron chi connectivity index (χ4n) is 3.58. The maximum Gasteiger partial charge on any atom is 0.301 e. The predicted molar refractivity (Wildman–Crippen MR) is 96.0 cm³/mol. The van der Waals surface area contributed by atoms with Crippen molar-refractivity contribution in [2.75, 3.05) is 0 Å². The van der Waals surface area contributed by atoms with Gasteiger partial charge in [0, 0.05) is 41.7 Å². The van der Waals surface area contributed by atoms with Crippen LogP contribution in [0.15, 0.2) is 21.8 Å². The summed E-state index contributed by atoms with van der Waals surface area (Å²) in [7, 11) is 1.98. The molecular weight excluding hydrogens is 350 g/mol. The van der Waals surface area contributed by atoms with Crippen molar-refractivity contribution >= 4 is 17.2 Å². The van der Waals surface area contributed by atoms with Gasteiger partial charge in [0.05, 0.1) is 11.9 Å². The Hall–Kier alpha value is -2.48. The van der Waals surface area contributed by atoms with Crippen LogP contribution >= 0.6 is 11.3 Å². The summed E-state index contributed by atoms with van der Waals surface area (Å²) in [5.74, 6) is 0.896. The molecule has 26 heavy (non-hydrogen) atoms. The largest absolute Gasteiger partial charge is 0.360 e. The van der Waals surface area contributed by atoms with Crippen molar-refractivity contribution < 1.29 is 9.32 Å². The van der Waals surface area contributed by atoms with E-state index in [9.17, 15) is 4.79 Å². The lowest BCUT2D eigenvalue weighted by Gasteiger charge is -2.15. The van der Waals surface area contributed by atoms with Crippen LogP contribution in [-0.2, 0) is 26.4 Å². The average molecular weight is 369 g/mol. The summed E-state index contributed by atoms with van der Waals surface area (Å²) < 4.78 is 9.34. The molecule has 8 heteroatoms. The van der Waals surface area contributed by atoms with Gasteiger partial charge in [0.2, 0.25) is 0 Å². The minimum atomic E-state index is -0.340. The summed E-state index contributed by atoms with van der Waals surface area (Å²) in [5, 5.41) is 8.32. The second-order valence-electron chi connectivity index (χ2n) is 6.83. The molecule has 0 atom stereocenters. The maximum atomic E-state index is 12.6. The molecule has 2 aliphatic rings. The van der Waals surface area contributed by atoms with Gasteiger partial charge in [-0.2, -0.15) is 10.1 Å². The normalized spacial score (nSPS) is 16.6. The van der Waals surface area contributed by atoms with Crippen molar-refractivity contribution in [1.82, 2.24) is 19.5 Å². The van der Waals surface area contributed by atoms with Crippen LogP contribution in [0.25, 0.3) is 11.3 Å². The van der Waals surface area contributed by atoms with Crippen LogP contribution in [0, 0.1) is 0 Å². The molecule has 1 saturated carbocycles. The first kappa shape index (κ1) is 15.7. The highest BCUT2D eigenvalue weighted by Crippen LogP contribution is 2.40. The van der Waals surface area contributed by atoms with Gasteiger partial charge in [0.1, 0.15) is 5.76 Å². The highest BCUT2D eigenvalue weighted by Gasteiger charge is 2.29. The number of rotatable bonds is 3. The van der Waals surface area contributed by atoms with Crippen molar-refractivity contribution in [2.45, 2.75) is 45.1 Å². The van der Waals surface area contributed by atoms with E-state index in [0.717, 1.165) is 54.0 Å². The predicted octanol–water partition coefficient (Wildman–Crippen LogP) is 2.68. The van der Waals surface area contributed by atoms with Gasteiger partial charge in [-0.1, -0.05) is 5.16 Å². The molecule has 0 spiro atoms. The highest BCUT2D eigenvalue weighted by molar-refractivity contribution is 7.09. The topological polar surface area (TPSA) is 78.2 Å². The lowest BCUT2D eigenvalue weighted by molar-refractivity contribution is 0.0989. The molecule has 7 nitrogen and oxygen atoms in total. The first-order valence-electron chi connectivity index (χ1n) is 8.95. The third kappa shape index (κ3) is 2.39. The molecule has 3 aromatic heterocycles. The van der Waals surface area contributed by atoms with E-state index in [-0.39, 0.29) is 5.91 Å². The summed E-state index contributed by atoms with van der Waals surface area (Å²) in [4.78, 5) is 18.9. The standard InChI is InChI=1S/C18H19N5O2S/c1-3-23-16-11-9-19-22(2)13(11)6-7-15(16)26-18(23)20-17(24)12-8-14(25-21-12)10-4-5-10/h8-10H,3-7H2,1-2H3. The van der Waals surface area contributed by atoms with E-state index >= 15 is 0 Å². The zero-order valence-corrected chi connectivity index (χ0v) is 15.5. The zero-order chi connectivity index (χ0) is 17.8. The minimum absolute atomic E-state index is 0.294. The van der Waals surface area contributed by atoms with Crippen LogP contribution in [0.2, 0.25) is 0 Å². The van der Waals surface area contributed by atoms with Gasteiger partial charge in [-0.3, -0.25) is 9.48 Å². The van der Waals surface area contributed by atoms with Gasteiger partial charge in [-0.05, 0) is 32.6 Å². The monoisotopic (exact) mass is 369 g/mol. The molecule has 0 N–H and O–H groups in total. The molecule has 134 valence electrons. The molecule has 1 fully saturated rings. The number of thiazole rings is 1. The van der Waals surface area contributed by atoms with Crippen LogP contribution in [0.3, 0.4) is 0 Å². The van der Waals surface area contributed by atoms with Gasteiger partial charge >= 0.3 is 5.91 Å². The Morgan fingerprint density at radius 1 is 1.42 bits per heavy atom. The number of carbonyl (C=O) groups is 1. The van der Waals surface area contributed by atoms with E-state index in [1.54, 1.807) is 17.4 Å². The molecule has 0 unspecified atom stereocenters. The number of hydrogen-bond acceptors (Lipinski definition) is 5. The molecule has 0 aromatic carbocycles. The Bertz CT molecular complexity index is 1080. The second-order valence-corrected chi connectivity index (χ2v) is 7.90. The van der Waals surface area contributed by atoms with Gasteiger partial charge in [0.15, 0.2) is 10.5 Å². The number of carbonyl (C=O) groups excluding carboxylic acids is 1. The summed E-state index contributed by atoms with van der Waals surface area (Å²) in [6, 6.07) is 1.74. The quantitative estimate of drug-likeness (QED) is 0.711. The number of aromatic nitrogens is 4. The van der Waals surface area contributed by atoms with Gasteiger partial charge in [-0.25, -0.2) is 0 Å². The van der Waals surface area contributed by atoms with Crippen LogP contribution in [0.4, 0.5) is 0 Å². The van der Waals surface area contributed by atoms with Crippen LogP contribution in [0.5, 0.6) is 0 Å². The fourth-order valence-corrected chi connectivity index (χ4v) is 4.79. The lowest BCUT2D eigenvalue weighted by atomic mass is 10.00. The fraction of sp³-hybridized carbons (Fsp3) is 0.444. The molecule has 0 bridgehead atoms. The second kappa shape index (κ2) is 5.77. The number of aryl methyl sites for hydroxylation is 2. The minimum Gasteiger partial charge on any atom is -0.360 e. The average Bonchev–Trinajstić information content (AvgIpc) is 3.09. The van der Waals surface area contributed by atoms with E-state index < -0.39 is 0 Å². The Balaban J connectivity index is 1.58. The molecule has 0 aliphatic heterocycles. The first-order chi connectivity index (χ1) is 12.7. The van der Waals surface area contributed by atoms with Crippen molar-refractivity contribution in [3.05, 3.63) is 39.1 Å². The molecule has 5 rings (SSSR count). The number of nitrogens with zero attached hydrogens (tertiary/aromatic N) is 5. The van der Waals surface area contributed by atoms with Crippen molar-refractivity contribution in [3.8, 4) is 11.3 Å². The first-order valence-corrected chi connectivity index (χ1v) is 9.76. The summed E-state index contributed by atoms with van der Waals surface area (Å²) in [6.07, 6.45) is 6.05. The summed E-state index contributed by atoms with van der Waals surface area (Å²) >= 11 is 1.59.